The van der Waals surface area contributed by atoms with E-state index in [-0.39, 0.29) is 13.2 Å². The van der Waals surface area contributed by atoms with Gasteiger partial charge in [0.15, 0.2) is 0 Å². The van der Waals surface area contributed by atoms with E-state index in [9.17, 15) is 18.7 Å². The van der Waals surface area contributed by atoms with E-state index in [2.05, 4.69) is 10.6 Å². The summed E-state index contributed by atoms with van der Waals surface area (Å²) in [5, 5.41) is 14.4. The number of urea groups is 1. The second-order valence-corrected chi connectivity index (χ2v) is 4.75. The Bertz CT molecular complexity index is 615. The largest absolute Gasteiger partial charge is 0.394 e. The normalized spacial score (nSPS) is 11.8. The smallest absolute Gasteiger partial charge is 0.315 e. The number of benzene rings is 2. The van der Waals surface area contributed by atoms with Crippen molar-refractivity contribution in [3.8, 4) is 0 Å². The average molecular weight is 306 g/mol. The lowest BCUT2D eigenvalue weighted by molar-refractivity contribution is 0.216. The first kappa shape index (κ1) is 15.9. The van der Waals surface area contributed by atoms with Gasteiger partial charge in [-0.15, -0.1) is 0 Å². The number of halogens is 2. The Balaban J connectivity index is 1.92. The minimum atomic E-state index is -0.699. The molecular weight excluding hydrogens is 290 g/mol. The molecule has 2 rings (SSSR count). The van der Waals surface area contributed by atoms with Crippen LogP contribution in [0.4, 0.5) is 13.6 Å². The highest BCUT2D eigenvalue weighted by Crippen LogP contribution is 2.11. The maximum absolute atomic E-state index is 13.0. The number of nitrogens with one attached hydrogen (secondary N) is 2. The van der Waals surface area contributed by atoms with Crippen LogP contribution in [0, 0.1) is 11.6 Å². The number of hydrogen-bond donors (Lipinski definition) is 3. The summed E-state index contributed by atoms with van der Waals surface area (Å²) in [6, 6.07) is 11.0. The number of hydrogen-bond acceptors (Lipinski definition) is 2. The molecule has 0 unspecified atom stereocenters. The molecule has 2 amide bonds. The van der Waals surface area contributed by atoms with Crippen LogP contribution in [-0.4, -0.2) is 17.7 Å². The van der Waals surface area contributed by atoms with Gasteiger partial charge in [-0.05, 0) is 23.3 Å². The number of carbonyl (C=O) groups excluding carboxylic acids is 1. The van der Waals surface area contributed by atoms with Crippen LogP contribution >= 0.6 is 0 Å². The van der Waals surface area contributed by atoms with Crippen molar-refractivity contribution in [2.75, 3.05) is 6.61 Å². The molecular formula is C16H16F2N2O2. The van der Waals surface area contributed by atoms with Crippen molar-refractivity contribution in [1.82, 2.24) is 10.6 Å². The summed E-state index contributed by atoms with van der Waals surface area (Å²) < 4.78 is 26.1. The third kappa shape index (κ3) is 4.53. The van der Waals surface area contributed by atoms with Gasteiger partial charge in [-0.3, -0.25) is 0 Å². The predicted molar refractivity (Wildman–Crippen MR) is 78.0 cm³/mol. The van der Waals surface area contributed by atoms with Gasteiger partial charge in [0.2, 0.25) is 0 Å². The molecule has 0 heterocycles. The van der Waals surface area contributed by atoms with Crippen LogP contribution in [-0.2, 0) is 6.54 Å². The monoisotopic (exact) mass is 306 g/mol. The SMILES string of the molecule is O=C(NCc1cc(F)cc(F)c1)N[C@H](CO)c1ccccc1. The van der Waals surface area contributed by atoms with Crippen molar-refractivity contribution in [2.24, 2.45) is 0 Å². The zero-order valence-corrected chi connectivity index (χ0v) is 11.7. The van der Waals surface area contributed by atoms with Crippen molar-refractivity contribution in [2.45, 2.75) is 12.6 Å². The van der Waals surface area contributed by atoms with Gasteiger partial charge >= 0.3 is 6.03 Å². The molecule has 0 saturated heterocycles. The number of aliphatic hydroxyl groups excluding tert-OH is 1. The maximum atomic E-state index is 13.0. The van der Waals surface area contributed by atoms with Gasteiger partial charge in [-0.1, -0.05) is 30.3 Å². The molecule has 0 fully saturated rings. The summed E-state index contributed by atoms with van der Waals surface area (Å²) in [7, 11) is 0. The third-order valence-corrected chi connectivity index (χ3v) is 3.07. The number of rotatable bonds is 5. The Morgan fingerprint density at radius 2 is 1.73 bits per heavy atom. The summed E-state index contributed by atoms with van der Waals surface area (Å²) in [4.78, 5) is 11.8. The Morgan fingerprint density at radius 1 is 1.09 bits per heavy atom. The second-order valence-electron chi connectivity index (χ2n) is 4.75. The minimum Gasteiger partial charge on any atom is -0.394 e. The quantitative estimate of drug-likeness (QED) is 0.795. The molecule has 4 nitrogen and oxygen atoms in total. The molecule has 2 aromatic rings. The summed E-state index contributed by atoms with van der Waals surface area (Å²) in [5.41, 5.74) is 1.07. The first-order valence-electron chi connectivity index (χ1n) is 6.73. The molecule has 6 heteroatoms. The molecule has 0 aliphatic carbocycles. The Kier molecular flexibility index (Phi) is 5.43. The van der Waals surface area contributed by atoms with Crippen LogP contribution in [0.5, 0.6) is 0 Å². The van der Waals surface area contributed by atoms with E-state index in [1.807, 2.05) is 6.07 Å². The van der Waals surface area contributed by atoms with Crippen molar-refractivity contribution in [1.29, 1.82) is 0 Å². The lowest BCUT2D eigenvalue weighted by Crippen LogP contribution is -2.38. The Morgan fingerprint density at radius 3 is 2.32 bits per heavy atom. The van der Waals surface area contributed by atoms with Crippen LogP contribution in [0.25, 0.3) is 0 Å². The predicted octanol–water partition coefficient (Wildman–Crippen LogP) is 2.50. The Hall–Kier alpha value is -2.47. The van der Waals surface area contributed by atoms with Gasteiger partial charge in [0.1, 0.15) is 11.6 Å². The molecule has 0 radical (unpaired) electrons. The van der Waals surface area contributed by atoms with Gasteiger partial charge in [0.25, 0.3) is 0 Å². The van der Waals surface area contributed by atoms with E-state index < -0.39 is 23.7 Å². The van der Waals surface area contributed by atoms with Crippen molar-refractivity contribution in [3.63, 3.8) is 0 Å². The summed E-state index contributed by atoms with van der Waals surface area (Å²) >= 11 is 0. The van der Waals surface area contributed by atoms with Crippen molar-refractivity contribution in [3.05, 3.63) is 71.3 Å². The molecule has 3 N–H and O–H groups in total. The molecule has 116 valence electrons. The summed E-state index contributed by atoms with van der Waals surface area (Å²) in [5.74, 6) is -1.40. The molecule has 0 aliphatic heterocycles. The topological polar surface area (TPSA) is 61.4 Å². The second kappa shape index (κ2) is 7.51. The fraction of sp³-hybridized carbons (Fsp3) is 0.188. The number of amides is 2. The van der Waals surface area contributed by atoms with E-state index in [4.69, 9.17) is 0 Å². The number of carbonyl (C=O) groups is 1. The molecule has 0 aliphatic rings. The standard InChI is InChI=1S/C16H16F2N2O2/c17-13-6-11(7-14(18)8-13)9-19-16(22)20-15(10-21)12-4-2-1-3-5-12/h1-8,15,21H,9-10H2,(H2,19,20,22)/t15-/m1/s1. The van der Waals surface area contributed by atoms with E-state index in [0.717, 1.165) is 23.8 Å². The highest BCUT2D eigenvalue weighted by molar-refractivity contribution is 5.74. The third-order valence-electron chi connectivity index (χ3n) is 3.07. The molecule has 1 atom stereocenters. The summed E-state index contributed by atoms with van der Waals surface area (Å²) in [6.45, 7) is -0.278. The van der Waals surface area contributed by atoms with Crippen LogP contribution in [0.2, 0.25) is 0 Å². The zero-order chi connectivity index (χ0) is 15.9. The van der Waals surface area contributed by atoms with Crippen LogP contribution < -0.4 is 10.6 Å². The van der Waals surface area contributed by atoms with E-state index in [0.29, 0.717) is 5.56 Å². The van der Waals surface area contributed by atoms with E-state index in [1.54, 1.807) is 24.3 Å². The molecule has 0 spiro atoms. The lowest BCUT2D eigenvalue weighted by atomic mass is 10.1. The van der Waals surface area contributed by atoms with E-state index in [1.165, 1.54) is 0 Å². The lowest BCUT2D eigenvalue weighted by Gasteiger charge is -2.17. The van der Waals surface area contributed by atoms with Gasteiger partial charge in [-0.25, -0.2) is 13.6 Å². The summed E-state index contributed by atoms with van der Waals surface area (Å²) in [6.07, 6.45) is 0. The first-order chi connectivity index (χ1) is 10.6. The maximum Gasteiger partial charge on any atom is 0.315 e. The van der Waals surface area contributed by atoms with E-state index >= 15 is 0 Å². The first-order valence-corrected chi connectivity index (χ1v) is 6.73. The van der Waals surface area contributed by atoms with Gasteiger partial charge in [-0.2, -0.15) is 0 Å². The fourth-order valence-electron chi connectivity index (χ4n) is 2.02. The fourth-order valence-corrected chi connectivity index (χ4v) is 2.02. The minimum absolute atomic E-state index is 0.0204. The van der Waals surface area contributed by atoms with Crippen molar-refractivity contribution < 1.29 is 18.7 Å². The molecule has 0 saturated carbocycles. The highest BCUT2D eigenvalue weighted by atomic mass is 19.1. The van der Waals surface area contributed by atoms with Gasteiger partial charge in [0, 0.05) is 12.6 Å². The van der Waals surface area contributed by atoms with Crippen LogP contribution in [0.15, 0.2) is 48.5 Å². The molecule has 0 aromatic heterocycles. The zero-order valence-electron chi connectivity index (χ0n) is 11.7. The molecule has 2 aromatic carbocycles. The molecule has 22 heavy (non-hydrogen) atoms. The van der Waals surface area contributed by atoms with Gasteiger partial charge < -0.3 is 15.7 Å². The van der Waals surface area contributed by atoms with Gasteiger partial charge in [0.05, 0.1) is 12.6 Å². The Labute approximate surface area is 126 Å². The average Bonchev–Trinajstić information content (AvgIpc) is 2.50. The highest BCUT2D eigenvalue weighted by Gasteiger charge is 2.13. The number of aliphatic hydroxyl groups is 1. The van der Waals surface area contributed by atoms with Crippen LogP contribution in [0.1, 0.15) is 17.2 Å². The van der Waals surface area contributed by atoms with Crippen molar-refractivity contribution >= 4 is 6.03 Å². The molecule has 0 bridgehead atoms. The van der Waals surface area contributed by atoms with Crippen LogP contribution in [0.3, 0.4) is 0 Å².